The van der Waals surface area contributed by atoms with E-state index in [2.05, 4.69) is 33.2 Å². The molecular weight excluding hydrogens is 578 g/mol. The highest BCUT2D eigenvalue weighted by molar-refractivity contribution is 5.90. The smallest absolute Gasteiger partial charge is 0.326 e. The molecule has 2 aliphatic carbocycles. The Hall–Kier alpha value is -4.05. The van der Waals surface area contributed by atoms with Crippen molar-refractivity contribution < 1.29 is 9.59 Å². The summed E-state index contributed by atoms with van der Waals surface area (Å²) in [4.78, 5) is 51.6. The highest BCUT2D eigenvalue weighted by Crippen LogP contribution is 2.36. The van der Waals surface area contributed by atoms with Gasteiger partial charge < -0.3 is 30.8 Å². The summed E-state index contributed by atoms with van der Waals surface area (Å²) in [5, 5.41) is 4.31. The van der Waals surface area contributed by atoms with Crippen molar-refractivity contribution in [3.63, 3.8) is 0 Å². The quantitative estimate of drug-likeness (QED) is 0.206. The van der Waals surface area contributed by atoms with E-state index in [0.717, 1.165) is 66.1 Å². The number of nitrogens with two attached hydrogens (primary N) is 1. The zero-order valence-corrected chi connectivity index (χ0v) is 26.8. The Bertz CT molecular complexity index is 1740. The molecule has 46 heavy (non-hydrogen) atoms. The molecule has 0 unspecified atom stereocenters. The highest BCUT2D eigenvalue weighted by Gasteiger charge is 2.41. The zero-order chi connectivity index (χ0) is 31.8. The van der Waals surface area contributed by atoms with Gasteiger partial charge >= 0.3 is 11.7 Å². The maximum atomic E-state index is 14.6. The van der Waals surface area contributed by atoms with Crippen molar-refractivity contribution in [3.05, 3.63) is 70.8 Å². The first-order chi connectivity index (χ1) is 22.4. The van der Waals surface area contributed by atoms with Gasteiger partial charge in [0.05, 0.1) is 11.0 Å². The van der Waals surface area contributed by atoms with Crippen molar-refractivity contribution in [2.45, 2.75) is 82.3 Å². The van der Waals surface area contributed by atoms with Crippen LogP contribution in [-0.4, -0.2) is 74.5 Å². The van der Waals surface area contributed by atoms with Gasteiger partial charge in [-0.15, -0.1) is 0 Å². The van der Waals surface area contributed by atoms with Crippen molar-refractivity contribution in [1.29, 1.82) is 0 Å². The molecule has 1 aliphatic heterocycles. The third-order valence-electron chi connectivity index (χ3n) is 10.8. The minimum atomic E-state index is -0.699. The standard InChI is InChI=1S/C36H47N7O3/c1-23(29-21-38-30-10-3-2-9-28(29)30)33(34(44)42(26-13-14-26)22-25-8-6-7-24(19-25)20-37)40-35(45)41-17-15-27(16-18-41)43-32-12-5-4-11-31(32)39-36(43)46/h2-5,9-12,21,23-27,33,38H,6-8,13-20,22,37H2,1H3,(H,39,46)(H,40,45)/t23-,24-,25+,33+/m0/s1. The van der Waals surface area contributed by atoms with Crippen molar-refractivity contribution in [3.8, 4) is 0 Å². The average molecular weight is 626 g/mol. The number of amides is 3. The van der Waals surface area contributed by atoms with E-state index in [1.165, 1.54) is 6.42 Å². The number of imidazole rings is 1. The first-order valence-electron chi connectivity index (χ1n) is 17.2. The van der Waals surface area contributed by atoms with Crippen LogP contribution in [0.5, 0.6) is 0 Å². The van der Waals surface area contributed by atoms with E-state index in [1.54, 1.807) is 0 Å². The highest BCUT2D eigenvalue weighted by atomic mass is 16.2. The molecule has 3 heterocycles. The molecule has 3 amide bonds. The SMILES string of the molecule is C[C@@H](c1c[nH]c2ccccc12)[C@@H](NC(=O)N1CCC(n2c(=O)[nH]c3ccccc32)CC1)C(=O)N(C[C@@H]1CCC[C@H](CN)C1)C1CC1. The summed E-state index contributed by atoms with van der Waals surface area (Å²) in [7, 11) is 0. The molecule has 2 aromatic heterocycles. The number of hydrogen-bond donors (Lipinski definition) is 4. The summed E-state index contributed by atoms with van der Waals surface area (Å²) in [5.74, 6) is 0.750. The molecule has 10 nitrogen and oxygen atoms in total. The van der Waals surface area contributed by atoms with Gasteiger partial charge in [0.1, 0.15) is 6.04 Å². The number of urea groups is 1. The van der Waals surface area contributed by atoms with Crippen LogP contribution in [-0.2, 0) is 4.79 Å². The Balaban J connectivity index is 1.10. The number of H-pyrrole nitrogens is 2. The normalized spacial score (nSPS) is 22.2. The number of likely N-dealkylation sites (tertiary alicyclic amines) is 1. The number of nitrogens with zero attached hydrogens (tertiary/aromatic N) is 3. The van der Waals surface area contributed by atoms with Crippen LogP contribution in [0.15, 0.2) is 59.5 Å². The van der Waals surface area contributed by atoms with Crippen LogP contribution < -0.4 is 16.7 Å². The number of nitrogens with one attached hydrogen (secondary N) is 3. The van der Waals surface area contributed by atoms with Gasteiger partial charge in [0.2, 0.25) is 5.91 Å². The lowest BCUT2D eigenvalue weighted by atomic mass is 9.81. The number of carbonyl (C=O) groups excluding carboxylic acids is 2. The largest absolute Gasteiger partial charge is 0.361 e. The molecule has 3 fully saturated rings. The lowest BCUT2D eigenvalue weighted by molar-refractivity contribution is -0.135. The summed E-state index contributed by atoms with van der Waals surface area (Å²) < 4.78 is 1.84. The molecule has 0 bridgehead atoms. The van der Waals surface area contributed by atoms with Crippen molar-refractivity contribution in [1.82, 2.24) is 29.7 Å². The fourth-order valence-electron chi connectivity index (χ4n) is 8.08. The molecule has 0 radical (unpaired) electrons. The Morgan fingerprint density at radius 2 is 1.70 bits per heavy atom. The Kier molecular flexibility index (Phi) is 8.64. The molecule has 2 aromatic carbocycles. The number of benzene rings is 2. The third-order valence-corrected chi connectivity index (χ3v) is 10.8. The van der Waals surface area contributed by atoms with Crippen LogP contribution in [0.25, 0.3) is 21.9 Å². The molecule has 2 saturated carbocycles. The molecule has 7 rings (SSSR count). The van der Waals surface area contributed by atoms with Crippen LogP contribution in [0.4, 0.5) is 4.79 Å². The van der Waals surface area contributed by atoms with Crippen molar-refractivity contribution in [2.24, 2.45) is 17.6 Å². The van der Waals surface area contributed by atoms with Crippen LogP contribution in [0.1, 0.15) is 75.8 Å². The predicted molar refractivity (Wildman–Crippen MR) is 181 cm³/mol. The third kappa shape index (κ3) is 6.07. The molecule has 1 saturated heterocycles. The van der Waals surface area contributed by atoms with Crippen molar-refractivity contribution >= 4 is 33.9 Å². The molecule has 10 heteroatoms. The second-order valence-electron chi connectivity index (χ2n) is 13.9. The number of aromatic nitrogens is 3. The van der Waals surface area contributed by atoms with Crippen LogP contribution in [0, 0.1) is 11.8 Å². The van der Waals surface area contributed by atoms with Crippen LogP contribution in [0.2, 0.25) is 0 Å². The van der Waals surface area contributed by atoms with Gasteiger partial charge in [0, 0.05) is 54.7 Å². The maximum absolute atomic E-state index is 14.6. The molecule has 244 valence electrons. The molecule has 4 aromatic rings. The minimum absolute atomic E-state index is 0.00784. The molecule has 0 spiro atoms. The lowest BCUT2D eigenvalue weighted by Gasteiger charge is -2.37. The van der Waals surface area contributed by atoms with E-state index in [4.69, 9.17) is 5.73 Å². The first-order valence-corrected chi connectivity index (χ1v) is 17.2. The summed E-state index contributed by atoms with van der Waals surface area (Å²) in [6.45, 7) is 4.53. The topological polar surface area (TPSA) is 132 Å². The Labute approximate surface area is 269 Å². The van der Waals surface area contributed by atoms with Crippen LogP contribution >= 0.6 is 0 Å². The van der Waals surface area contributed by atoms with Gasteiger partial charge in [-0.1, -0.05) is 43.7 Å². The maximum Gasteiger partial charge on any atom is 0.326 e. The number of piperidine rings is 1. The van der Waals surface area contributed by atoms with Gasteiger partial charge in [-0.25, -0.2) is 9.59 Å². The van der Waals surface area contributed by atoms with Gasteiger partial charge in [-0.05, 0) is 87.1 Å². The minimum Gasteiger partial charge on any atom is -0.361 e. The van der Waals surface area contributed by atoms with E-state index >= 15 is 0 Å². The number of hydrogen-bond acceptors (Lipinski definition) is 4. The van der Waals surface area contributed by atoms with E-state index < -0.39 is 6.04 Å². The van der Waals surface area contributed by atoms with E-state index in [1.807, 2.05) is 58.1 Å². The van der Waals surface area contributed by atoms with E-state index in [0.29, 0.717) is 44.3 Å². The van der Waals surface area contributed by atoms with Gasteiger partial charge in [0.25, 0.3) is 0 Å². The number of fused-ring (bicyclic) bond motifs is 2. The summed E-state index contributed by atoms with van der Waals surface area (Å²) in [5.41, 5.74) is 9.71. The summed E-state index contributed by atoms with van der Waals surface area (Å²) in [6.07, 6.45) is 9.88. The van der Waals surface area contributed by atoms with Gasteiger partial charge in [-0.3, -0.25) is 9.36 Å². The second kappa shape index (κ2) is 13.0. The number of para-hydroxylation sites is 3. The number of aromatic amines is 2. The molecule has 3 aliphatic rings. The lowest BCUT2D eigenvalue weighted by Crippen LogP contribution is -2.56. The van der Waals surface area contributed by atoms with Crippen molar-refractivity contribution in [2.75, 3.05) is 26.2 Å². The summed E-state index contributed by atoms with van der Waals surface area (Å²) in [6, 6.07) is 15.2. The van der Waals surface area contributed by atoms with Crippen LogP contribution in [0.3, 0.4) is 0 Å². The summed E-state index contributed by atoms with van der Waals surface area (Å²) >= 11 is 0. The Morgan fingerprint density at radius 1 is 0.978 bits per heavy atom. The van der Waals surface area contributed by atoms with Gasteiger partial charge in [-0.2, -0.15) is 0 Å². The monoisotopic (exact) mass is 625 g/mol. The van der Waals surface area contributed by atoms with E-state index in [-0.39, 0.29) is 35.6 Å². The fraction of sp³-hybridized carbons (Fsp3) is 0.528. The fourth-order valence-corrected chi connectivity index (χ4v) is 8.08. The first kappa shape index (κ1) is 30.6. The van der Waals surface area contributed by atoms with Gasteiger partial charge in [0.15, 0.2) is 0 Å². The molecule has 5 N–H and O–H groups in total. The predicted octanol–water partition coefficient (Wildman–Crippen LogP) is 5.09. The molecular formula is C36H47N7O3. The number of carbonyl (C=O) groups is 2. The average Bonchev–Trinajstić information content (AvgIpc) is 3.74. The van der Waals surface area contributed by atoms with E-state index in [9.17, 15) is 14.4 Å². The Morgan fingerprint density at radius 3 is 2.46 bits per heavy atom. The zero-order valence-electron chi connectivity index (χ0n) is 26.8. The molecule has 4 atom stereocenters. The number of rotatable bonds is 9. The second-order valence-corrected chi connectivity index (χ2v) is 13.9.